The lowest BCUT2D eigenvalue weighted by Gasteiger charge is -2.33. The molecular formula is C27H28N2O2. The molecule has 0 bridgehead atoms. The standard InChI is InChI=1S/C27H28N2O2/c30-27(20-31-26-12-10-23(11-13-26)21-6-2-1-3-7-21)29-17-15-25(19-29)28-16-14-22-8-4-5-9-24(22)18-28/h1-13,25H,14-20H2. The highest BCUT2D eigenvalue weighted by molar-refractivity contribution is 5.78. The second-order valence-corrected chi connectivity index (χ2v) is 8.45. The third-order valence-corrected chi connectivity index (χ3v) is 6.52. The number of amides is 1. The number of likely N-dealkylation sites (tertiary alicyclic amines) is 1. The van der Waals surface area contributed by atoms with Crippen molar-refractivity contribution in [1.82, 2.24) is 9.80 Å². The van der Waals surface area contributed by atoms with E-state index >= 15 is 0 Å². The summed E-state index contributed by atoms with van der Waals surface area (Å²) in [7, 11) is 0. The van der Waals surface area contributed by atoms with Crippen LogP contribution in [-0.2, 0) is 17.8 Å². The summed E-state index contributed by atoms with van der Waals surface area (Å²) < 4.78 is 5.79. The minimum absolute atomic E-state index is 0.0760. The summed E-state index contributed by atoms with van der Waals surface area (Å²) in [4.78, 5) is 17.2. The van der Waals surface area contributed by atoms with E-state index in [4.69, 9.17) is 4.74 Å². The molecule has 3 aromatic carbocycles. The van der Waals surface area contributed by atoms with Crippen LogP contribution in [0.4, 0.5) is 0 Å². The van der Waals surface area contributed by atoms with E-state index in [1.54, 1.807) is 0 Å². The van der Waals surface area contributed by atoms with E-state index in [0.29, 0.717) is 6.04 Å². The Kier molecular flexibility index (Phi) is 5.72. The highest BCUT2D eigenvalue weighted by Crippen LogP contribution is 2.25. The summed E-state index contributed by atoms with van der Waals surface area (Å²) in [6.45, 7) is 3.79. The zero-order valence-corrected chi connectivity index (χ0v) is 17.7. The lowest BCUT2D eigenvalue weighted by atomic mass is 9.98. The smallest absolute Gasteiger partial charge is 0.260 e. The van der Waals surface area contributed by atoms with Gasteiger partial charge in [0, 0.05) is 32.2 Å². The van der Waals surface area contributed by atoms with Crippen molar-refractivity contribution in [3.05, 3.63) is 90.0 Å². The number of rotatable bonds is 5. The number of benzene rings is 3. The Morgan fingerprint density at radius 1 is 0.839 bits per heavy atom. The molecule has 31 heavy (non-hydrogen) atoms. The van der Waals surface area contributed by atoms with Gasteiger partial charge in [0.05, 0.1) is 0 Å². The fourth-order valence-corrected chi connectivity index (χ4v) is 4.71. The third kappa shape index (κ3) is 4.49. The fraction of sp³-hybridized carbons (Fsp3) is 0.296. The molecule has 1 unspecified atom stereocenters. The summed E-state index contributed by atoms with van der Waals surface area (Å²) >= 11 is 0. The lowest BCUT2D eigenvalue weighted by Crippen LogP contribution is -2.42. The molecule has 2 aliphatic rings. The van der Waals surface area contributed by atoms with Gasteiger partial charge in [-0.1, -0.05) is 66.7 Å². The highest BCUT2D eigenvalue weighted by Gasteiger charge is 2.32. The second-order valence-electron chi connectivity index (χ2n) is 8.45. The Balaban J connectivity index is 1.13. The van der Waals surface area contributed by atoms with Gasteiger partial charge in [0.25, 0.3) is 5.91 Å². The highest BCUT2D eigenvalue weighted by atomic mass is 16.5. The molecule has 4 heteroatoms. The Morgan fingerprint density at radius 3 is 2.35 bits per heavy atom. The van der Waals surface area contributed by atoms with E-state index in [0.717, 1.165) is 50.3 Å². The predicted octanol–water partition coefficient (Wildman–Crippen LogP) is 4.39. The van der Waals surface area contributed by atoms with Crippen molar-refractivity contribution in [3.63, 3.8) is 0 Å². The van der Waals surface area contributed by atoms with E-state index < -0.39 is 0 Å². The van der Waals surface area contributed by atoms with Gasteiger partial charge >= 0.3 is 0 Å². The monoisotopic (exact) mass is 412 g/mol. The normalized spacial score (nSPS) is 18.6. The zero-order chi connectivity index (χ0) is 21.0. The van der Waals surface area contributed by atoms with Crippen LogP contribution >= 0.6 is 0 Å². The minimum Gasteiger partial charge on any atom is -0.484 e. The second kappa shape index (κ2) is 8.94. The maximum Gasteiger partial charge on any atom is 0.260 e. The number of hydrogen-bond acceptors (Lipinski definition) is 3. The molecule has 3 aromatic rings. The van der Waals surface area contributed by atoms with Gasteiger partial charge < -0.3 is 9.64 Å². The van der Waals surface area contributed by atoms with Crippen LogP contribution in [-0.4, -0.2) is 48.0 Å². The Bertz CT molecular complexity index is 1030. The minimum atomic E-state index is 0.0760. The average molecular weight is 413 g/mol. The van der Waals surface area contributed by atoms with Crippen LogP contribution in [0.2, 0.25) is 0 Å². The van der Waals surface area contributed by atoms with Crippen molar-refractivity contribution in [1.29, 1.82) is 0 Å². The summed E-state index contributed by atoms with van der Waals surface area (Å²) in [5, 5.41) is 0. The van der Waals surface area contributed by atoms with Gasteiger partial charge in [-0.05, 0) is 47.2 Å². The Labute approximate surface area is 184 Å². The molecule has 1 fully saturated rings. The SMILES string of the molecule is O=C(COc1ccc(-c2ccccc2)cc1)N1CCC(N2CCc3ccccc3C2)C1. The molecule has 5 rings (SSSR count). The van der Waals surface area contributed by atoms with E-state index in [9.17, 15) is 4.79 Å². The van der Waals surface area contributed by atoms with Gasteiger partial charge in [-0.25, -0.2) is 0 Å². The zero-order valence-electron chi connectivity index (χ0n) is 17.7. The van der Waals surface area contributed by atoms with Gasteiger partial charge in [-0.3, -0.25) is 9.69 Å². The van der Waals surface area contributed by atoms with Crippen molar-refractivity contribution in [2.75, 3.05) is 26.2 Å². The van der Waals surface area contributed by atoms with Gasteiger partial charge in [0.1, 0.15) is 5.75 Å². The lowest BCUT2D eigenvalue weighted by molar-refractivity contribution is -0.132. The van der Waals surface area contributed by atoms with Crippen LogP contribution in [0.5, 0.6) is 5.75 Å². The van der Waals surface area contributed by atoms with Crippen molar-refractivity contribution < 1.29 is 9.53 Å². The third-order valence-electron chi connectivity index (χ3n) is 6.52. The molecule has 4 nitrogen and oxygen atoms in total. The molecule has 0 aliphatic carbocycles. The molecule has 1 saturated heterocycles. The van der Waals surface area contributed by atoms with Crippen LogP contribution in [0.3, 0.4) is 0 Å². The van der Waals surface area contributed by atoms with Crippen molar-refractivity contribution in [2.24, 2.45) is 0 Å². The molecule has 2 heterocycles. The van der Waals surface area contributed by atoms with Crippen molar-refractivity contribution in [3.8, 4) is 16.9 Å². The summed E-state index contributed by atoms with van der Waals surface area (Å²) in [5.41, 5.74) is 5.22. The molecule has 1 amide bonds. The van der Waals surface area contributed by atoms with Crippen molar-refractivity contribution >= 4 is 5.91 Å². The van der Waals surface area contributed by atoms with E-state index in [2.05, 4.69) is 41.3 Å². The first kappa shape index (κ1) is 19.8. The molecule has 0 aromatic heterocycles. The number of ether oxygens (including phenoxy) is 1. The molecule has 0 radical (unpaired) electrons. The van der Waals surface area contributed by atoms with Gasteiger partial charge in [-0.15, -0.1) is 0 Å². The van der Waals surface area contributed by atoms with Gasteiger partial charge in [0.2, 0.25) is 0 Å². The maximum absolute atomic E-state index is 12.7. The molecule has 0 N–H and O–H groups in total. The van der Waals surface area contributed by atoms with Gasteiger partial charge in [-0.2, -0.15) is 0 Å². The predicted molar refractivity (Wildman–Crippen MR) is 123 cm³/mol. The Morgan fingerprint density at radius 2 is 1.55 bits per heavy atom. The van der Waals surface area contributed by atoms with Crippen LogP contribution < -0.4 is 4.74 Å². The molecule has 0 saturated carbocycles. The van der Waals surface area contributed by atoms with Gasteiger partial charge in [0.15, 0.2) is 6.61 Å². The molecule has 0 spiro atoms. The van der Waals surface area contributed by atoms with E-state index in [-0.39, 0.29) is 12.5 Å². The first-order valence-electron chi connectivity index (χ1n) is 11.1. The fourth-order valence-electron chi connectivity index (χ4n) is 4.71. The first-order valence-corrected chi connectivity index (χ1v) is 11.1. The summed E-state index contributed by atoms with van der Waals surface area (Å²) in [6.07, 6.45) is 2.14. The number of fused-ring (bicyclic) bond motifs is 1. The van der Waals surface area contributed by atoms with E-state index in [1.165, 1.54) is 16.7 Å². The largest absolute Gasteiger partial charge is 0.484 e. The molecular weight excluding hydrogens is 384 g/mol. The van der Waals surface area contributed by atoms with E-state index in [1.807, 2.05) is 47.4 Å². The number of carbonyl (C=O) groups is 1. The first-order chi connectivity index (χ1) is 15.3. The summed E-state index contributed by atoms with van der Waals surface area (Å²) in [5.74, 6) is 0.809. The Hall–Kier alpha value is -3.11. The summed E-state index contributed by atoms with van der Waals surface area (Å²) in [6, 6.07) is 27.4. The van der Waals surface area contributed by atoms with Crippen LogP contribution in [0.15, 0.2) is 78.9 Å². The molecule has 1 atom stereocenters. The quantitative estimate of drug-likeness (QED) is 0.623. The van der Waals surface area contributed by atoms with Crippen LogP contribution in [0, 0.1) is 0 Å². The van der Waals surface area contributed by atoms with Crippen molar-refractivity contribution in [2.45, 2.75) is 25.4 Å². The van der Waals surface area contributed by atoms with Crippen LogP contribution in [0.25, 0.3) is 11.1 Å². The molecule has 158 valence electrons. The average Bonchev–Trinajstić information content (AvgIpc) is 3.34. The molecule has 2 aliphatic heterocycles. The number of hydrogen-bond donors (Lipinski definition) is 0. The maximum atomic E-state index is 12.7. The number of nitrogens with zero attached hydrogens (tertiary/aromatic N) is 2. The van der Waals surface area contributed by atoms with Crippen LogP contribution in [0.1, 0.15) is 17.5 Å². The topological polar surface area (TPSA) is 32.8 Å². The number of carbonyl (C=O) groups excluding carboxylic acids is 1.